The quantitative estimate of drug-likeness (QED) is 0.829. The Morgan fingerprint density at radius 3 is 2.80 bits per heavy atom. The van der Waals surface area contributed by atoms with E-state index in [4.69, 9.17) is 4.74 Å². The number of urea groups is 1. The minimum atomic E-state index is -0.224. The van der Waals surface area contributed by atoms with Crippen LogP contribution in [-0.4, -0.2) is 49.8 Å². The van der Waals surface area contributed by atoms with Crippen LogP contribution in [0.1, 0.15) is 25.8 Å². The zero-order valence-corrected chi connectivity index (χ0v) is 15.2. The molecule has 3 atom stereocenters. The lowest BCUT2D eigenvalue weighted by Crippen LogP contribution is -2.67. The Balaban J connectivity index is 1.37. The number of hydrogen-bond donors (Lipinski definition) is 2. The van der Waals surface area contributed by atoms with Crippen molar-refractivity contribution in [2.45, 2.75) is 39.0 Å². The number of halogens is 1. The van der Waals surface area contributed by atoms with Gasteiger partial charge in [-0.2, -0.15) is 0 Å². The molecule has 1 heterocycles. The van der Waals surface area contributed by atoms with Gasteiger partial charge in [0.15, 0.2) is 0 Å². The van der Waals surface area contributed by atoms with Crippen molar-refractivity contribution in [1.82, 2.24) is 15.5 Å². The molecule has 0 bridgehead atoms. The Morgan fingerprint density at radius 2 is 2.08 bits per heavy atom. The van der Waals surface area contributed by atoms with E-state index in [1.54, 1.807) is 12.1 Å². The lowest BCUT2D eigenvalue weighted by atomic mass is 9.57. The number of amides is 2. The van der Waals surface area contributed by atoms with Crippen LogP contribution in [0.5, 0.6) is 0 Å². The fourth-order valence-electron chi connectivity index (χ4n) is 4.15. The maximum Gasteiger partial charge on any atom is 0.315 e. The van der Waals surface area contributed by atoms with Crippen LogP contribution in [0.15, 0.2) is 24.3 Å². The number of nitrogens with one attached hydrogen (secondary N) is 2. The standard InChI is InChI=1S/C19H28FN3O2/c1-19(2)16(15-8-11-25-17(15)19)22-18(24)21-9-10-23(3)12-13-4-6-14(20)7-5-13/h4-7,15-17H,8-12H2,1-3H3,(H2,21,22,24)/t15-,16+,17-/m0/s1. The summed E-state index contributed by atoms with van der Waals surface area (Å²) in [5.41, 5.74) is 1.05. The molecule has 2 N–H and O–H groups in total. The van der Waals surface area contributed by atoms with Crippen LogP contribution in [0.4, 0.5) is 9.18 Å². The van der Waals surface area contributed by atoms with Gasteiger partial charge in [0.05, 0.1) is 6.10 Å². The van der Waals surface area contributed by atoms with Crippen molar-refractivity contribution in [3.63, 3.8) is 0 Å². The second-order valence-electron chi connectivity index (χ2n) is 7.81. The van der Waals surface area contributed by atoms with Crippen LogP contribution >= 0.6 is 0 Å². The Labute approximate surface area is 148 Å². The number of nitrogens with zero attached hydrogens (tertiary/aromatic N) is 1. The van der Waals surface area contributed by atoms with Gasteiger partial charge >= 0.3 is 6.03 Å². The number of hydrogen-bond acceptors (Lipinski definition) is 3. The van der Waals surface area contributed by atoms with Crippen LogP contribution in [0.3, 0.4) is 0 Å². The molecule has 1 saturated heterocycles. The second kappa shape index (κ2) is 7.30. The zero-order chi connectivity index (χ0) is 18.0. The third-order valence-corrected chi connectivity index (χ3v) is 5.53. The zero-order valence-electron chi connectivity index (χ0n) is 15.2. The molecule has 6 heteroatoms. The molecule has 2 fully saturated rings. The number of ether oxygens (including phenoxy) is 1. The van der Waals surface area contributed by atoms with Crippen molar-refractivity contribution in [3.05, 3.63) is 35.6 Å². The predicted molar refractivity (Wildman–Crippen MR) is 94.7 cm³/mol. The topological polar surface area (TPSA) is 53.6 Å². The average Bonchev–Trinajstić information content (AvgIpc) is 3.02. The SMILES string of the molecule is CN(CCNC(=O)N[C@@H]1[C@@H]2CCO[C@@H]2C1(C)C)Cc1ccc(F)cc1. The van der Waals surface area contributed by atoms with E-state index in [1.807, 2.05) is 7.05 Å². The molecule has 0 unspecified atom stereocenters. The molecule has 1 aliphatic heterocycles. The molecule has 1 saturated carbocycles. The third kappa shape index (κ3) is 3.96. The minimum Gasteiger partial charge on any atom is -0.377 e. The number of carbonyl (C=O) groups is 1. The van der Waals surface area contributed by atoms with Crippen molar-refractivity contribution < 1.29 is 13.9 Å². The molecule has 25 heavy (non-hydrogen) atoms. The van der Waals surface area contributed by atoms with Gasteiger partial charge in [0.1, 0.15) is 5.82 Å². The fourth-order valence-corrected chi connectivity index (χ4v) is 4.15. The van der Waals surface area contributed by atoms with Gasteiger partial charge in [0.25, 0.3) is 0 Å². The Hall–Kier alpha value is -1.66. The van der Waals surface area contributed by atoms with Crippen molar-refractivity contribution in [2.24, 2.45) is 11.3 Å². The first-order chi connectivity index (χ1) is 11.9. The number of carbonyl (C=O) groups excluding carboxylic acids is 1. The van der Waals surface area contributed by atoms with Gasteiger partial charge in [0, 0.05) is 43.6 Å². The summed E-state index contributed by atoms with van der Waals surface area (Å²) < 4.78 is 18.7. The lowest BCUT2D eigenvalue weighted by Gasteiger charge is -2.54. The van der Waals surface area contributed by atoms with E-state index in [9.17, 15) is 9.18 Å². The summed E-state index contributed by atoms with van der Waals surface area (Å²) in [7, 11) is 1.98. The molecule has 0 radical (unpaired) electrons. The summed E-state index contributed by atoms with van der Waals surface area (Å²) in [6.07, 6.45) is 1.30. The normalized spacial score (nSPS) is 26.8. The highest BCUT2D eigenvalue weighted by Crippen LogP contribution is 2.51. The summed E-state index contributed by atoms with van der Waals surface area (Å²) in [6.45, 7) is 7.13. The number of benzene rings is 1. The first-order valence-electron chi connectivity index (χ1n) is 8.97. The van der Waals surface area contributed by atoms with Gasteiger partial charge in [-0.25, -0.2) is 9.18 Å². The maximum absolute atomic E-state index is 12.9. The van der Waals surface area contributed by atoms with E-state index < -0.39 is 0 Å². The van der Waals surface area contributed by atoms with Crippen LogP contribution < -0.4 is 10.6 Å². The maximum atomic E-state index is 12.9. The molecule has 1 aromatic carbocycles. The highest BCUT2D eigenvalue weighted by Gasteiger charge is 2.59. The largest absolute Gasteiger partial charge is 0.377 e. The minimum absolute atomic E-state index is 0.00210. The van der Waals surface area contributed by atoms with Crippen molar-refractivity contribution in [1.29, 1.82) is 0 Å². The monoisotopic (exact) mass is 349 g/mol. The Kier molecular flexibility index (Phi) is 5.29. The van der Waals surface area contributed by atoms with E-state index in [0.29, 0.717) is 12.5 Å². The van der Waals surface area contributed by atoms with E-state index in [0.717, 1.165) is 31.7 Å². The van der Waals surface area contributed by atoms with Crippen LogP contribution in [0, 0.1) is 17.2 Å². The van der Waals surface area contributed by atoms with E-state index in [-0.39, 0.29) is 29.4 Å². The molecule has 2 amide bonds. The number of rotatable bonds is 6. The van der Waals surface area contributed by atoms with Crippen LogP contribution in [0.2, 0.25) is 0 Å². The summed E-state index contributed by atoms with van der Waals surface area (Å²) in [5, 5.41) is 6.05. The highest BCUT2D eigenvalue weighted by molar-refractivity contribution is 5.74. The van der Waals surface area contributed by atoms with E-state index >= 15 is 0 Å². The highest BCUT2D eigenvalue weighted by atomic mass is 19.1. The molecule has 2 aliphatic rings. The smallest absolute Gasteiger partial charge is 0.315 e. The number of likely N-dealkylation sites (N-methyl/N-ethyl adjacent to an activating group) is 1. The van der Waals surface area contributed by atoms with Gasteiger partial charge in [-0.3, -0.25) is 0 Å². The molecule has 0 spiro atoms. The Morgan fingerprint density at radius 1 is 1.36 bits per heavy atom. The van der Waals surface area contributed by atoms with Gasteiger partial charge in [-0.15, -0.1) is 0 Å². The van der Waals surface area contributed by atoms with Crippen molar-refractivity contribution >= 4 is 6.03 Å². The second-order valence-corrected chi connectivity index (χ2v) is 7.81. The molecule has 3 rings (SSSR count). The molecule has 1 aliphatic carbocycles. The first kappa shape index (κ1) is 18.1. The molecular weight excluding hydrogens is 321 g/mol. The molecule has 0 aromatic heterocycles. The average molecular weight is 349 g/mol. The summed E-state index contributed by atoms with van der Waals surface area (Å²) in [4.78, 5) is 14.3. The summed E-state index contributed by atoms with van der Waals surface area (Å²) >= 11 is 0. The van der Waals surface area contributed by atoms with Crippen molar-refractivity contribution in [3.8, 4) is 0 Å². The van der Waals surface area contributed by atoms with Gasteiger partial charge in [0.2, 0.25) is 0 Å². The van der Waals surface area contributed by atoms with Crippen LogP contribution in [-0.2, 0) is 11.3 Å². The van der Waals surface area contributed by atoms with Gasteiger partial charge in [-0.05, 0) is 31.2 Å². The fraction of sp³-hybridized carbons (Fsp3) is 0.632. The van der Waals surface area contributed by atoms with Gasteiger partial charge < -0.3 is 20.3 Å². The lowest BCUT2D eigenvalue weighted by molar-refractivity contribution is -0.108. The molecule has 1 aromatic rings. The van der Waals surface area contributed by atoms with E-state index in [1.165, 1.54) is 12.1 Å². The molecule has 138 valence electrons. The van der Waals surface area contributed by atoms with Crippen LogP contribution in [0.25, 0.3) is 0 Å². The van der Waals surface area contributed by atoms with Crippen molar-refractivity contribution in [2.75, 3.05) is 26.7 Å². The Bertz CT molecular complexity index is 605. The summed E-state index contributed by atoms with van der Waals surface area (Å²) in [5.74, 6) is 0.223. The third-order valence-electron chi connectivity index (χ3n) is 5.53. The summed E-state index contributed by atoms with van der Waals surface area (Å²) in [6, 6.07) is 6.57. The molecular formula is C19H28FN3O2. The van der Waals surface area contributed by atoms with Gasteiger partial charge in [-0.1, -0.05) is 26.0 Å². The van der Waals surface area contributed by atoms with E-state index in [2.05, 4.69) is 29.4 Å². The number of fused-ring (bicyclic) bond motifs is 1. The molecule has 5 nitrogen and oxygen atoms in total. The predicted octanol–water partition coefficient (Wildman–Crippen LogP) is 2.37. The first-order valence-corrected chi connectivity index (χ1v) is 8.97.